The summed E-state index contributed by atoms with van der Waals surface area (Å²) in [6.07, 6.45) is 0. The number of hydrogen-bond donors (Lipinski definition) is 1. The fourth-order valence-corrected chi connectivity index (χ4v) is 4.22. The molecule has 1 aliphatic rings. The van der Waals surface area contributed by atoms with Gasteiger partial charge in [0.05, 0.1) is 24.7 Å². The Bertz CT molecular complexity index is 690. The monoisotopic (exact) mass is 396 g/mol. The zero-order valence-electron chi connectivity index (χ0n) is 16.6. The van der Waals surface area contributed by atoms with Gasteiger partial charge in [-0.1, -0.05) is 12.1 Å². The van der Waals surface area contributed by atoms with E-state index in [9.17, 15) is 8.42 Å². The first-order chi connectivity index (χ1) is 12.9. The number of benzene rings is 1. The number of ether oxygens (including phenoxy) is 1. The van der Waals surface area contributed by atoms with E-state index in [-0.39, 0.29) is 11.5 Å². The first kappa shape index (κ1) is 21.5. The summed E-state index contributed by atoms with van der Waals surface area (Å²) in [5.41, 5.74) is 1.19. The summed E-state index contributed by atoms with van der Waals surface area (Å²) in [5, 5.41) is 3.32. The highest BCUT2D eigenvalue weighted by atomic mass is 32.2. The van der Waals surface area contributed by atoms with Crippen LogP contribution in [0.5, 0.6) is 5.75 Å². The largest absolute Gasteiger partial charge is 0.494 e. The molecule has 0 atom stereocenters. The van der Waals surface area contributed by atoms with Gasteiger partial charge in [-0.2, -0.15) is 0 Å². The van der Waals surface area contributed by atoms with Crippen molar-refractivity contribution >= 4 is 15.8 Å². The minimum absolute atomic E-state index is 0.258. The lowest BCUT2D eigenvalue weighted by atomic mass is 10.2. The van der Waals surface area contributed by atoms with E-state index in [0.717, 1.165) is 31.3 Å². The highest BCUT2D eigenvalue weighted by Crippen LogP contribution is 2.13. The molecule has 27 heavy (non-hydrogen) atoms. The quantitative estimate of drug-likeness (QED) is 0.526. The zero-order valence-corrected chi connectivity index (χ0v) is 17.5. The van der Waals surface area contributed by atoms with Crippen molar-refractivity contribution < 1.29 is 13.2 Å². The predicted octanol–water partition coefficient (Wildman–Crippen LogP) is 1.21. The molecular weight excluding hydrogens is 364 g/mol. The minimum Gasteiger partial charge on any atom is -0.494 e. The number of sulfone groups is 1. The molecule has 1 saturated heterocycles. The van der Waals surface area contributed by atoms with Crippen LogP contribution < -0.4 is 10.1 Å². The highest BCUT2D eigenvalue weighted by molar-refractivity contribution is 7.91. The number of aliphatic imine (C=N–C) groups is 1. The number of rotatable bonds is 8. The average molecular weight is 397 g/mol. The lowest BCUT2D eigenvalue weighted by molar-refractivity contribution is 0.303. The summed E-state index contributed by atoms with van der Waals surface area (Å²) in [7, 11) is -0.808. The van der Waals surface area contributed by atoms with Gasteiger partial charge in [-0.3, -0.25) is 9.89 Å². The van der Waals surface area contributed by atoms with E-state index in [1.54, 1.807) is 0 Å². The van der Waals surface area contributed by atoms with Crippen molar-refractivity contribution in [2.24, 2.45) is 4.99 Å². The second kappa shape index (κ2) is 10.5. The average Bonchev–Trinajstić information content (AvgIpc) is 2.64. The van der Waals surface area contributed by atoms with Crippen molar-refractivity contribution in [2.75, 3.05) is 57.9 Å². The molecule has 152 valence electrons. The Hall–Kier alpha value is -1.80. The van der Waals surface area contributed by atoms with E-state index in [2.05, 4.69) is 34.2 Å². The maximum absolute atomic E-state index is 11.5. The van der Waals surface area contributed by atoms with Gasteiger partial charge in [-0.25, -0.2) is 8.42 Å². The van der Waals surface area contributed by atoms with Gasteiger partial charge in [0.25, 0.3) is 0 Å². The molecule has 0 amide bonds. The molecule has 0 bridgehead atoms. The molecule has 0 unspecified atom stereocenters. The number of hydrogen-bond acceptors (Lipinski definition) is 5. The summed E-state index contributed by atoms with van der Waals surface area (Å²) in [6, 6.07) is 8.11. The van der Waals surface area contributed by atoms with Gasteiger partial charge in [0.1, 0.15) is 5.75 Å². The molecule has 0 aliphatic carbocycles. The summed E-state index contributed by atoms with van der Waals surface area (Å²) in [4.78, 5) is 8.97. The Morgan fingerprint density at radius 1 is 1.22 bits per heavy atom. The fourth-order valence-electron chi connectivity index (χ4n) is 2.95. The highest BCUT2D eigenvalue weighted by Gasteiger charge is 2.20. The standard InChI is InChI=1S/C19H32N4O3S/c1-4-20-19(21-10-11-23-12-14-27(24,25)15-13-23)22(3)16-17-6-8-18(9-7-17)26-5-2/h6-9H,4-5,10-16H2,1-3H3,(H,20,21). The van der Waals surface area contributed by atoms with Crippen molar-refractivity contribution in [2.45, 2.75) is 20.4 Å². The minimum atomic E-state index is -2.83. The summed E-state index contributed by atoms with van der Waals surface area (Å²) in [6.45, 7) is 8.89. The molecule has 8 heteroatoms. The van der Waals surface area contributed by atoms with E-state index in [0.29, 0.717) is 26.2 Å². The smallest absolute Gasteiger partial charge is 0.194 e. The third-order valence-electron chi connectivity index (χ3n) is 4.47. The number of guanidine groups is 1. The molecule has 1 aliphatic heterocycles. The summed E-state index contributed by atoms with van der Waals surface area (Å²) in [5.74, 6) is 2.26. The van der Waals surface area contributed by atoms with Crippen LogP contribution in [0.3, 0.4) is 0 Å². The van der Waals surface area contributed by atoms with Crippen molar-refractivity contribution in [3.8, 4) is 5.75 Å². The third-order valence-corrected chi connectivity index (χ3v) is 6.07. The SMILES string of the molecule is CCNC(=NCCN1CCS(=O)(=O)CC1)N(C)Cc1ccc(OCC)cc1. The van der Waals surface area contributed by atoms with Crippen LogP contribution in [0.2, 0.25) is 0 Å². The predicted molar refractivity (Wildman–Crippen MR) is 110 cm³/mol. The van der Waals surface area contributed by atoms with Crippen LogP contribution in [-0.2, 0) is 16.4 Å². The van der Waals surface area contributed by atoms with Gasteiger partial charge in [0, 0.05) is 39.8 Å². The van der Waals surface area contributed by atoms with Crippen LogP contribution in [0.4, 0.5) is 0 Å². The molecule has 0 aromatic heterocycles. The van der Waals surface area contributed by atoms with Gasteiger partial charge in [-0.15, -0.1) is 0 Å². The Morgan fingerprint density at radius 3 is 2.48 bits per heavy atom. The first-order valence-electron chi connectivity index (χ1n) is 9.57. The second-order valence-electron chi connectivity index (χ2n) is 6.66. The topological polar surface area (TPSA) is 74.2 Å². The molecule has 1 N–H and O–H groups in total. The van der Waals surface area contributed by atoms with E-state index < -0.39 is 9.84 Å². The van der Waals surface area contributed by atoms with Crippen molar-refractivity contribution in [1.82, 2.24) is 15.1 Å². The number of nitrogens with one attached hydrogen (secondary N) is 1. The van der Waals surface area contributed by atoms with Crippen molar-refractivity contribution in [3.05, 3.63) is 29.8 Å². The molecule has 1 aromatic carbocycles. The van der Waals surface area contributed by atoms with Crippen molar-refractivity contribution in [3.63, 3.8) is 0 Å². The molecule has 1 aromatic rings. The molecule has 0 radical (unpaired) electrons. The molecular formula is C19H32N4O3S. The van der Waals surface area contributed by atoms with Crippen LogP contribution in [-0.4, -0.2) is 82.1 Å². The van der Waals surface area contributed by atoms with Gasteiger partial charge in [0.2, 0.25) is 0 Å². The van der Waals surface area contributed by atoms with E-state index in [1.165, 1.54) is 5.56 Å². The van der Waals surface area contributed by atoms with Gasteiger partial charge in [-0.05, 0) is 31.5 Å². The summed E-state index contributed by atoms with van der Waals surface area (Å²) >= 11 is 0. The molecule has 0 saturated carbocycles. The Morgan fingerprint density at radius 2 is 1.89 bits per heavy atom. The Balaban J connectivity index is 1.87. The summed E-state index contributed by atoms with van der Waals surface area (Å²) < 4.78 is 28.5. The second-order valence-corrected chi connectivity index (χ2v) is 8.97. The molecule has 0 spiro atoms. The molecule has 1 heterocycles. The van der Waals surface area contributed by atoms with Crippen molar-refractivity contribution in [1.29, 1.82) is 0 Å². The fraction of sp³-hybridized carbons (Fsp3) is 0.632. The molecule has 1 fully saturated rings. The first-order valence-corrected chi connectivity index (χ1v) is 11.4. The lowest BCUT2D eigenvalue weighted by Gasteiger charge is -2.26. The van der Waals surface area contributed by atoms with Crippen LogP contribution >= 0.6 is 0 Å². The normalized spacial score (nSPS) is 17.5. The Kier molecular flexibility index (Phi) is 8.37. The van der Waals surface area contributed by atoms with E-state index in [4.69, 9.17) is 9.73 Å². The van der Waals surface area contributed by atoms with Crippen LogP contribution in [0, 0.1) is 0 Å². The number of nitrogens with zero attached hydrogens (tertiary/aromatic N) is 3. The Labute approximate surface area is 163 Å². The maximum Gasteiger partial charge on any atom is 0.194 e. The zero-order chi connectivity index (χ0) is 19.7. The van der Waals surface area contributed by atoms with Gasteiger partial charge in [0.15, 0.2) is 15.8 Å². The molecule has 2 rings (SSSR count). The lowest BCUT2D eigenvalue weighted by Crippen LogP contribution is -2.42. The van der Waals surface area contributed by atoms with Crippen LogP contribution in [0.1, 0.15) is 19.4 Å². The van der Waals surface area contributed by atoms with Crippen LogP contribution in [0.25, 0.3) is 0 Å². The van der Waals surface area contributed by atoms with Crippen LogP contribution in [0.15, 0.2) is 29.3 Å². The third kappa shape index (κ3) is 7.38. The van der Waals surface area contributed by atoms with Gasteiger partial charge < -0.3 is 15.0 Å². The molecule has 7 nitrogen and oxygen atoms in total. The maximum atomic E-state index is 11.5. The van der Waals surface area contributed by atoms with Gasteiger partial charge >= 0.3 is 0 Å². The van der Waals surface area contributed by atoms with E-state index in [1.807, 2.05) is 26.1 Å². The van der Waals surface area contributed by atoms with E-state index >= 15 is 0 Å².